The Morgan fingerprint density at radius 1 is 1.41 bits per heavy atom. The molecule has 5 nitrogen and oxygen atoms in total. The van der Waals surface area contributed by atoms with E-state index in [-0.39, 0.29) is 11.9 Å². The topological polar surface area (TPSA) is 70.7 Å². The molecule has 1 amide bonds. The standard InChI is InChI=1S/C11H11BrN4O/c1-6-8(4-3-5-9(6)12)10(17)14-11-13-7(2)15-16-11/h3-5H,1-2H3,(H2,13,14,15,16,17). The first-order valence-corrected chi connectivity index (χ1v) is 5.82. The molecule has 0 unspecified atom stereocenters. The van der Waals surface area contributed by atoms with Gasteiger partial charge in [-0.05, 0) is 31.5 Å². The van der Waals surface area contributed by atoms with Crippen LogP contribution in [0.25, 0.3) is 0 Å². The number of aryl methyl sites for hydroxylation is 1. The van der Waals surface area contributed by atoms with Gasteiger partial charge in [0.05, 0.1) is 0 Å². The molecule has 0 spiro atoms. The molecule has 1 aromatic heterocycles. The van der Waals surface area contributed by atoms with Gasteiger partial charge < -0.3 is 0 Å². The molecule has 2 aromatic rings. The fourth-order valence-corrected chi connectivity index (χ4v) is 1.79. The van der Waals surface area contributed by atoms with Crippen LogP contribution in [0.3, 0.4) is 0 Å². The van der Waals surface area contributed by atoms with Crippen LogP contribution in [0.4, 0.5) is 5.95 Å². The van der Waals surface area contributed by atoms with Crippen LogP contribution in [-0.4, -0.2) is 21.1 Å². The normalized spacial score (nSPS) is 10.3. The highest BCUT2D eigenvalue weighted by Gasteiger charge is 2.12. The first kappa shape index (κ1) is 11.8. The summed E-state index contributed by atoms with van der Waals surface area (Å²) >= 11 is 3.39. The van der Waals surface area contributed by atoms with Gasteiger partial charge in [-0.3, -0.25) is 15.2 Å². The molecule has 0 aliphatic heterocycles. The van der Waals surface area contributed by atoms with Crippen LogP contribution >= 0.6 is 15.9 Å². The molecule has 0 saturated heterocycles. The minimum absolute atomic E-state index is 0.220. The van der Waals surface area contributed by atoms with E-state index in [1.807, 2.05) is 19.1 Å². The molecule has 2 rings (SSSR count). The van der Waals surface area contributed by atoms with E-state index in [4.69, 9.17) is 0 Å². The highest BCUT2D eigenvalue weighted by molar-refractivity contribution is 9.10. The molecule has 1 aromatic carbocycles. The van der Waals surface area contributed by atoms with Crippen LogP contribution in [0.5, 0.6) is 0 Å². The molecule has 0 aliphatic carbocycles. The van der Waals surface area contributed by atoms with Crippen LogP contribution in [-0.2, 0) is 0 Å². The molecule has 0 atom stereocenters. The van der Waals surface area contributed by atoms with E-state index in [0.29, 0.717) is 11.4 Å². The van der Waals surface area contributed by atoms with E-state index in [2.05, 4.69) is 36.4 Å². The molecular formula is C11H11BrN4O. The van der Waals surface area contributed by atoms with Gasteiger partial charge in [0.15, 0.2) is 0 Å². The van der Waals surface area contributed by atoms with Crippen molar-refractivity contribution in [2.75, 3.05) is 5.32 Å². The number of carbonyl (C=O) groups is 1. The lowest BCUT2D eigenvalue weighted by Crippen LogP contribution is -2.14. The number of aromatic amines is 1. The number of nitrogens with one attached hydrogen (secondary N) is 2. The van der Waals surface area contributed by atoms with Crippen LogP contribution in [0.1, 0.15) is 21.7 Å². The Morgan fingerprint density at radius 3 is 2.82 bits per heavy atom. The third-order valence-electron chi connectivity index (χ3n) is 2.33. The summed E-state index contributed by atoms with van der Waals surface area (Å²) in [5.41, 5.74) is 1.49. The lowest BCUT2D eigenvalue weighted by molar-refractivity contribution is 0.102. The number of carbonyl (C=O) groups excluding carboxylic acids is 1. The highest BCUT2D eigenvalue weighted by Crippen LogP contribution is 2.19. The first-order valence-electron chi connectivity index (χ1n) is 5.03. The van der Waals surface area contributed by atoms with Gasteiger partial charge in [-0.15, -0.1) is 5.10 Å². The maximum absolute atomic E-state index is 12.0. The summed E-state index contributed by atoms with van der Waals surface area (Å²) in [6.07, 6.45) is 0. The van der Waals surface area contributed by atoms with E-state index in [9.17, 15) is 4.79 Å². The highest BCUT2D eigenvalue weighted by atomic mass is 79.9. The third kappa shape index (κ3) is 2.52. The van der Waals surface area contributed by atoms with Crippen molar-refractivity contribution in [3.8, 4) is 0 Å². The molecule has 0 aliphatic rings. The summed E-state index contributed by atoms with van der Waals surface area (Å²) in [7, 11) is 0. The van der Waals surface area contributed by atoms with Gasteiger partial charge in [-0.25, -0.2) is 0 Å². The average Bonchev–Trinajstić information content (AvgIpc) is 2.68. The molecule has 0 radical (unpaired) electrons. The molecule has 0 bridgehead atoms. The number of H-pyrrole nitrogens is 1. The number of amides is 1. The number of aromatic nitrogens is 3. The number of hydrogen-bond acceptors (Lipinski definition) is 3. The molecular weight excluding hydrogens is 284 g/mol. The van der Waals surface area contributed by atoms with Gasteiger partial charge in [-0.2, -0.15) is 4.98 Å². The number of rotatable bonds is 2. The smallest absolute Gasteiger partial charge is 0.258 e. The Labute approximate surface area is 107 Å². The minimum Gasteiger partial charge on any atom is -0.289 e. The molecule has 88 valence electrons. The monoisotopic (exact) mass is 294 g/mol. The quantitative estimate of drug-likeness (QED) is 0.894. The summed E-state index contributed by atoms with van der Waals surface area (Å²) in [6.45, 7) is 3.65. The van der Waals surface area contributed by atoms with E-state index in [1.54, 1.807) is 13.0 Å². The molecule has 1 heterocycles. The van der Waals surface area contributed by atoms with Crippen molar-refractivity contribution in [1.29, 1.82) is 0 Å². The average molecular weight is 295 g/mol. The largest absolute Gasteiger partial charge is 0.289 e. The van der Waals surface area contributed by atoms with Gasteiger partial charge in [0.2, 0.25) is 5.95 Å². The summed E-state index contributed by atoms with van der Waals surface area (Å²) in [6, 6.07) is 5.47. The molecule has 17 heavy (non-hydrogen) atoms. The lowest BCUT2D eigenvalue weighted by atomic mass is 10.1. The predicted octanol–water partition coefficient (Wildman–Crippen LogP) is 2.44. The predicted molar refractivity (Wildman–Crippen MR) is 68.0 cm³/mol. The van der Waals surface area contributed by atoms with Crippen LogP contribution in [0, 0.1) is 13.8 Å². The minimum atomic E-state index is -0.220. The molecule has 6 heteroatoms. The van der Waals surface area contributed by atoms with E-state index < -0.39 is 0 Å². The zero-order valence-corrected chi connectivity index (χ0v) is 11.0. The van der Waals surface area contributed by atoms with E-state index in [1.165, 1.54) is 0 Å². The number of benzene rings is 1. The van der Waals surface area contributed by atoms with Crippen LogP contribution in [0.2, 0.25) is 0 Å². The van der Waals surface area contributed by atoms with Crippen LogP contribution in [0.15, 0.2) is 22.7 Å². The molecule has 0 fully saturated rings. The van der Waals surface area contributed by atoms with Crippen molar-refractivity contribution < 1.29 is 4.79 Å². The van der Waals surface area contributed by atoms with Gasteiger partial charge in [0.1, 0.15) is 5.82 Å². The SMILES string of the molecule is Cc1nc(NC(=O)c2cccc(Br)c2C)n[nH]1. The Hall–Kier alpha value is -1.69. The van der Waals surface area contributed by atoms with E-state index >= 15 is 0 Å². The third-order valence-corrected chi connectivity index (χ3v) is 3.19. The zero-order valence-electron chi connectivity index (χ0n) is 9.41. The number of halogens is 1. The van der Waals surface area contributed by atoms with E-state index in [0.717, 1.165) is 10.0 Å². The Bertz CT molecular complexity index is 564. The van der Waals surface area contributed by atoms with Crippen molar-refractivity contribution in [2.24, 2.45) is 0 Å². The van der Waals surface area contributed by atoms with Crippen molar-refractivity contribution in [3.63, 3.8) is 0 Å². The summed E-state index contributed by atoms with van der Waals surface area (Å²) in [5.74, 6) is 0.723. The Morgan fingerprint density at radius 2 is 2.18 bits per heavy atom. The second kappa shape index (κ2) is 4.67. The van der Waals surface area contributed by atoms with Gasteiger partial charge in [0.25, 0.3) is 5.91 Å². The Kier molecular flexibility index (Phi) is 3.23. The summed E-state index contributed by atoms with van der Waals surface area (Å²) in [5, 5.41) is 9.15. The summed E-state index contributed by atoms with van der Waals surface area (Å²) in [4.78, 5) is 16.0. The Balaban J connectivity index is 2.23. The van der Waals surface area contributed by atoms with Crippen molar-refractivity contribution >= 4 is 27.8 Å². The second-order valence-electron chi connectivity index (χ2n) is 3.61. The second-order valence-corrected chi connectivity index (χ2v) is 4.47. The first-order chi connectivity index (χ1) is 8.08. The fourth-order valence-electron chi connectivity index (χ4n) is 1.42. The number of nitrogens with zero attached hydrogens (tertiary/aromatic N) is 2. The number of anilines is 1. The lowest BCUT2D eigenvalue weighted by Gasteiger charge is -2.06. The van der Waals surface area contributed by atoms with Crippen molar-refractivity contribution in [1.82, 2.24) is 15.2 Å². The maximum Gasteiger partial charge on any atom is 0.258 e. The van der Waals surface area contributed by atoms with Crippen molar-refractivity contribution in [3.05, 3.63) is 39.6 Å². The number of hydrogen-bond donors (Lipinski definition) is 2. The van der Waals surface area contributed by atoms with Gasteiger partial charge in [-0.1, -0.05) is 22.0 Å². The summed E-state index contributed by atoms with van der Waals surface area (Å²) < 4.78 is 0.899. The van der Waals surface area contributed by atoms with Gasteiger partial charge >= 0.3 is 0 Å². The maximum atomic E-state index is 12.0. The fraction of sp³-hybridized carbons (Fsp3) is 0.182. The van der Waals surface area contributed by atoms with Crippen molar-refractivity contribution in [2.45, 2.75) is 13.8 Å². The van der Waals surface area contributed by atoms with Crippen LogP contribution < -0.4 is 5.32 Å². The molecule has 2 N–H and O–H groups in total. The zero-order chi connectivity index (χ0) is 12.4. The van der Waals surface area contributed by atoms with Gasteiger partial charge in [0, 0.05) is 10.0 Å². The molecule has 0 saturated carbocycles.